The van der Waals surface area contributed by atoms with Crippen LogP contribution in [-0.2, 0) is 4.79 Å². The fourth-order valence-corrected chi connectivity index (χ4v) is 2.93. The number of nitrogens with two attached hydrogens (primary N) is 1. The highest BCUT2D eigenvalue weighted by molar-refractivity contribution is 6.33. The van der Waals surface area contributed by atoms with E-state index >= 15 is 0 Å². The maximum atomic E-state index is 12.4. The Morgan fingerprint density at radius 2 is 2.29 bits per heavy atom. The number of nitrogens with zero attached hydrogens (tertiary/aromatic N) is 1. The van der Waals surface area contributed by atoms with E-state index in [4.69, 9.17) is 17.3 Å². The lowest BCUT2D eigenvalue weighted by atomic mass is 9.76. The third-order valence-corrected chi connectivity index (χ3v) is 4.22. The molecule has 114 valence electrons. The maximum Gasteiger partial charge on any atom is 0.271 e. The summed E-state index contributed by atoms with van der Waals surface area (Å²) in [7, 11) is 0. The van der Waals surface area contributed by atoms with Gasteiger partial charge in [0, 0.05) is 12.1 Å². The minimum atomic E-state index is -0.939. The van der Waals surface area contributed by atoms with E-state index in [0.717, 1.165) is 12.8 Å². The molecular weight excluding hydrogens is 294 g/mol. The van der Waals surface area contributed by atoms with E-state index in [1.807, 2.05) is 0 Å². The lowest BCUT2D eigenvalue weighted by Crippen LogP contribution is -2.53. The highest BCUT2D eigenvalue weighted by Gasteiger charge is 2.38. The number of hydrogen-bond acceptors (Lipinski definition) is 4. The molecule has 1 aromatic rings. The normalized spacial score (nSPS) is 25.4. The number of nitrogens with one attached hydrogen (secondary N) is 1. The molecule has 0 bridgehead atoms. The number of anilines is 1. The predicted octanol–water partition coefficient (Wildman–Crippen LogP) is 3.09. The molecule has 1 aromatic carbocycles. The Balaban J connectivity index is 2.19. The Labute approximate surface area is 127 Å². The first-order valence-corrected chi connectivity index (χ1v) is 7.24. The second-order valence-corrected chi connectivity index (χ2v) is 6.14. The molecule has 0 radical (unpaired) electrons. The zero-order valence-electron chi connectivity index (χ0n) is 11.8. The van der Waals surface area contributed by atoms with Crippen molar-refractivity contribution in [2.45, 2.75) is 38.1 Å². The highest BCUT2D eigenvalue weighted by Crippen LogP contribution is 2.33. The number of nitro benzene ring substituents is 1. The molecule has 21 heavy (non-hydrogen) atoms. The summed E-state index contributed by atoms with van der Waals surface area (Å²) in [5.41, 5.74) is 5.36. The third-order valence-electron chi connectivity index (χ3n) is 3.89. The summed E-state index contributed by atoms with van der Waals surface area (Å²) in [5, 5.41) is 13.7. The zero-order chi connectivity index (χ0) is 15.6. The molecule has 2 unspecified atom stereocenters. The van der Waals surface area contributed by atoms with Crippen molar-refractivity contribution in [3.8, 4) is 0 Å². The molecule has 7 heteroatoms. The Morgan fingerprint density at radius 1 is 1.57 bits per heavy atom. The Hall–Kier alpha value is -1.66. The van der Waals surface area contributed by atoms with Crippen LogP contribution in [0.1, 0.15) is 32.6 Å². The van der Waals surface area contributed by atoms with Crippen LogP contribution in [0.25, 0.3) is 0 Å². The summed E-state index contributed by atoms with van der Waals surface area (Å²) < 4.78 is 0. The first-order valence-electron chi connectivity index (χ1n) is 6.86. The molecule has 1 fully saturated rings. The van der Waals surface area contributed by atoms with E-state index in [2.05, 4.69) is 12.2 Å². The van der Waals surface area contributed by atoms with Gasteiger partial charge in [-0.15, -0.1) is 0 Å². The van der Waals surface area contributed by atoms with Crippen LogP contribution in [0.2, 0.25) is 5.02 Å². The highest BCUT2D eigenvalue weighted by atomic mass is 35.5. The quantitative estimate of drug-likeness (QED) is 0.662. The van der Waals surface area contributed by atoms with E-state index in [-0.39, 0.29) is 22.3 Å². The Bertz CT molecular complexity index is 579. The Kier molecular flexibility index (Phi) is 4.49. The topological polar surface area (TPSA) is 98.3 Å². The van der Waals surface area contributed by atoms with E-state index in [0.29, 0.717) is 18.8 Å². The van der Waals surface area contributed by atoms with Gasteiger partial charge in [0.25, 0.3) is 5.69 Å². The first-order chi connectivity index (χ1) is 9.82. The van der Waals surface area contributed by atoms with Gasteiger partial charge in [0.15, 0.2) is 0 Å². The van der Waals surface area contributed by atoms with Gasteiger partial charge in [-0.1, -0.05) is 31.4 Å². The van der Waals surface area contributed by atoms with Crippen molar-refractivity contribution in [3.05, 3.63) is 33.3 Å². The first kappa shape index (κ1) is 15.7. The zero-order valence-corrected chi connectivity index (χ0v) is 12.5. The monoisotopic (exact) mass is 311 g/mol. The molecule has 2 rings (SSSR count). The number of non-ortho nitro benzene ring substituents is 1. The molecule has 0 saturated heterocycles. The van der Waals surface area contributed by atoms with Gasteiger partial charge < -0.3 is 11.1 Å². The molecule has 3 N–H and O–H groups in total. The largest absolute Gasteiger partial charge is 0.323 e. The molecule has 1 saturated carbocycles. The minimum absolute atomic E-state index is 0.127. The van der Waals surface area contributed by atoms with Crippen LogP contribution < -0.4 is 11.1 Å². The van der Waals surface area contributed by atoms with Crippen LogP contribution >= 0.6 is 11.6 Å². The fraction of sp³-hybridized carbons (Fsp3) is 0.500. The van der Waals surface area contributed by atoms with Crippen molar-refractivity contribution in [1.29, 1.82) is 0 Å². The lowest BCUT2D eigenvalue weighted by molar-refractivity contribution is -0.384. The Morgan fingerprint density at radius 3 is 2.90 bits per heavy atom. The third kappa shape index (κ3) is 3.51. The molecule has 0 aromatic heterocycles. The molecule has 1 amide bonds. The number of nitro groups is 1. The molecule has 1 aliphatic carbocycles. The average Bonchev–Trinajstić information content (AvgIpc) is 2.40. The van der Waals surface area contributed by atoms with Gasteiger partial charge in [-0.05, 0) is 24.8 Å². The van der Waals surface area contributed by atoms with E-state index < -0.39 is 10.5 Å². The number of rotatable bonds is 3. The SMILES string of the molecule is CC1CCCC(N)(C(=O)Nc2cc([N+](=O)[O-])ccc2Cl)C1. The van der Waals surface area contributed by atoms with E-state index in [1.54, 1.807) is 0 Å². The van der Waals surface area contributed by atoms with E-state index in [1.165, 1.54) is 18.2 Å². The minimum Gasteiger partial charge on any atom is -0.323 e. The van der Waals surface area contributed by atoms with Crippen LogP contribution in [0.3, 0.4) is 0 Å². The summed E-state index contributed by atoms with van der Waals surface area (Å²) >= 11 is 5.98. The number of halogens is 1. The van der Waals surface area contributed by atoms with Gasteiger partial charge in [0.05, 0.1) is 21.2 Å². The van der Waals surface area contributed by atoms with Gasteiger partial charge in [0.2, 0.25) is 5.91 Å². The van der Waals surface area contributed by atoms with Crippen LogP contribution in [0.15, 0.2) is 18.2 Å². The number of benzene rings is 1. The summed E-state index contributed by atoms with van der Waals surface area (Å²) in [5.74, 6) is 0.0477. The van der Waals surface area contributed by atoms with Crippen LogP contribution in [-0.4, -0.2) is 16.4 Å². The predicted molar refractivity (Wildman–Crippen MR) is 81.3 cm³/mol. The molecule has 0 heterocycles. The van der Waals surface area contributed by atoms with Crippen molar-refractivity contribution in [2.24, 2.45) is 11.7 Å². The molecular formula is C14H18ClN3O3. The van der Waals surface area contributed by atoms with Crippen molar-refractivity contribution < 1.29 is 9.72 Å². The number of hydrogen-bond donors (Lipinski definition) is 2. The van der Waals surface area contributed by atoms with Crippen LogP contribution in [0, 0.1) is 16.0 Å². The molecule has 0 spiro atoms. The summed E-state index contributed by atoms with van der Waals surface area (Å²) in [6.07, 6.45) is 3.17. The second-order valence-electron chi connectivity index (χ2n) is 5.73. The summed E-state index contributed by atoms with van der Waals surface area (Å²) in [6, 6.07) is 3.93. The summed E-state index contributed by atoms with van der Waals surface area (Å²) in [4.78, 5) is 22.7. The van der Waals surface area contributed by atoms with Gasteiger partial charge in [-0.2, -0.15) is 0 Å². The fourth-order valence-electron chi connectivity index (χ4n) is 2.77. The molecule has 6 nitrogen and oxygen atoms in total. The lowest BCUT2D eigenvalue weighted by Gasteiger charge is -2.35. The molecule has 0 aliphatic heterocycles. The average molecular weight is 312 g/mol. The van der Waals surface area contributed by atoms with Gasteiger partial charge >= 0.3 is 0 Å². The van der Waals surface area contributed by atoms with Gasteiger partial charge in [-0.3, -0.25) is 14.9 Å². The summed E-state index contributed by atoms with van der Waals surface area (Å²) in [6.45, 7) is 2.06. The molecule has 1 aliphatic rings. The van der Waals surface area contributed by atoms with Crippen molar-refractivity contribution >= 4 is 28.9 Å². The van der Waals surface area contributed by atoms with E-state index in [9.17, 15) is 14.9 Å². The number of carbonyl (C=O) groups is 1. The maximum absolute atomic E-state index is 12.4. The molecule has 2 atom stereocenters. The van der Waals surface area contributed by atoms with Crippen LogP contribution in [0.5, 0.6) is 0 Å². The van der Waals surface area contributed by atoms with Crippen molar-refractivity contribution in [3.63, 3.8) is 0 Å². The van der Waals surface area contributed by atoms with Crippen LogP contribution in [0.4, 0.5) is 11.4 Å². The van der Waals surface area contributed by atoms with Crippen molar-refractivity contribution in [1.82, 2.24) is 0 Å². The number of carbonyl (C=O) groups excluding carboxylic acids is 1. The standard InChI is InChI=1S/C14H18ClN3O3/c1-9-3-2-6-14(16,8-9)13(19)17-12-7-10(18(20)21)4-5-11(12)15/h4-5,7,9H,2-3,6,8,16H2,1H3,(H,17,19). The van der Waals surface area contributed by atoms with Gasteiger partial charge in [-0.25, -0.2) is 0 Å². The second kappa shape index (κ2) is 5.99. The smallest absolute Gasteiger partial charge is 0.271 e. The number of amides is 1. The van der Waals surface area contributed by atoms with Gasteiger partial charge in [0.1, 0.15) is 0 Å². The van der Waals surface area contributed by atoms with Crippen molar-refractivity contribution in [2.75, 3.05) is 5.32 Å².